The van der Waals surface area contributed by atoms with Crippen molar-refractivity contribution >= 4 is 0 Å². The predicted molar refractivity (Wildman–Crippen MR) is 31.9 cm³/mol. The standard InChI is InChI=1S/C7H13/c1-4-6-5-7(6,2)3/h4,6H,5H2,1-3H3/q+1. The summed E-state index contributed by atoms with van der Waals surface area (Å²) >= 11 is 0. The molecule has 40 valence electrons. The van der Waals surface area contributed by atoms with E-state index in [0.717, 1.165) is 5.92 Å². The van der Waals surface area contributed by atoms with Crippen molar-refractivity contribution in [2.75, 3.05) is 0 Å². The second-order valence-corrected chi connectivity index (χ2v) is 3.13. The highest BCUT2D eigenvalue weighted by Crippen LogP contribution is 2.52. The first kappa shape index (κ1) is 5.02. The number of hydrogen-bond acceptors (Lipinski definition) is 0. The molecule has 0 bridgehead atoms. The fourth-order valence-electron chi connectivity index (χ4n) is 1.08. The lowest BCUT2D eigenvalue weighted by Crippen LogP contribution is -1.86. The second kappa shape index (κ2) is 1.18. The SMILES string of the molecule is C[CH+]C1CC1(C)C. The summed E-state index contributed by atoms with van der Waals surface area (Å²) < 4.78 is 0. The fraction of sp³-hybridized carbons (Fsp3) is 0.857. The maximum Gasteiger partial charge on any atom is 0.103 e. The summed E-state index contributed by atoms with van der Waals surface area (Å²) in [5.41, 5.74) is 0.661. The Bertz CT molecular complexity index is 72.1. The number of hydrogen-bond donors (Lipinski definition) is 0. The quantitative estimate of drug-likeness (QED) is 0.440. The average Bonchev–Trinajstić information content (AvgIpc) is 2.13. The lowest BCUT2D eigenvalue weighted by atomic mass is 10.1. The van der Waals surface area contributed by atoms with Gasteiger partial charge in [-0.1, -0.05) is 13.8 Å². The Kier molecular flexibility index (Phi) is 0.844. The van der Waals surface area contributed by atoms with Crippen molar-refractivity contribution in [1.82, 2.24) is 0 Å². The lowest BCUT2D eigenvalue weighted by Gasteiger charge is -1.89. The van der Waals surface area contributed by atoms with Crippen molar-refractivity contribution < 1.29 is 0 Å². The molecule has 1 fully saturated rings. The zero-order valence-electron chi connectivity index (χ0n) is 5.36. The van der Waals surface area contributed by atoms with Gasteiger partial charge in [-0.3, -0.25) is 0 Å². The largest absolute Gasteiger partial charge is 0.103 e. The maximum atomic E-state index is 2.32. The Balaban J connectivity index is 2.30. The third-order valence-corrected chi connectivity index (χ3v) is 1.99. The molecule has 0 heteroatoms. The Morgan fingerprint density at radius 2 is 2.00 bits per heavy atom. The molecule has 1 unspecified atom stereocenters. The molecule has 0 aromatic carbocycles. The molecule has 1 rings (SSSR count). The highest BCUT2D eigenvalue weighted by Gasteiger charge is 2.50. The first-order valence-electron chi connectivity index (χ1n) is 2.96. The normalized spacial score (nSPS) is 35.0. The topological polar surface area (TPSA) is 0 Å². The molecule has 0 nitrogen and oxygen atoms in total. The molecule has 1 saturated carbocycles. The summed E-state index contributed by atoms with van der Waals surface area (Å²) in [5.74, 6) is 0.924. The summed E-state index contributed by atoms with van der Waals surface area (Å²) in [5, 5.41) is 0. The van der Waals surface area contributed by atoms with Crippen LogP contribution in [0.5, 0.6) is 0 Å². The van der Waals surface area contributed by atoms with E-state index in [1.807, 2.05) is 0 Å². The minimum Gasteiger partial charge on any atom is -0.0554 e. The number of rotatable bonds is 1. The summed E-state index contributed by atoms with van der Waals surface area (Å²) in [4.78, 5) is 0. The van der Waals surface area contributed by atoms with Crippen LogP contribution in [0.1, 0.15) is 27.2 Å². The highest BCUT2D eigenvalue weighted by molar-refractivity contribution is 5.00. The molecule has 1 aliphatic rings. The minimum absolute atomic E-state index is 0.661. The van der Waals surface area contributed by atoms with E-state index in [4.69, 9.17) is 0 Å². The molecule has 0 aromatic rings. The molecule has 0 amide bonds. The van der Waals surface area contributed by atoms with Gasteiger partial charge < -0.3 is 0 Å². The van der Waals surface area contributed by atoms with Crippen molar-refractivity contribution in [3.05, 3.63) is 6.42 Å². The third-order valence-electron chi connectivity index (χ3n) is 1.99. The van der Waals surface area contributed by atoms with Gasteiger partial charge in [0.05, 0.1) is 13.3 Å². The van der Waals surface area contributed by atoms with Crippen LogP contribution in [0.3, 0.4) is 0 Å². The van der Waals surface area contributed by atoms with Gasteiger partial charge in [0.2, 0.25) is 0 Å². The van der Waals surface area contributed by atoms with Crippen molar-refractivity contribution in [2.24, 2.45) is 11.3 Å². The molecule has 1 atom stereocenters. The molecule has 0 spiro atoms. The van der Waals surface area contributed by atoms with E-state index in [1.165, 1.54) is 6.42 Å². The van der Waals surface area contributed by atoms with Crippen LogP contribution in [-0.4, -0.2) is 0 Å². The van der Waals surface area contributed by atoms with Crippen LogP contribution in [-0.2, 0) is 0 Å². The lowest BCUT2D eigenvalue weighted by molar-refractivity contribution is 0.595. The van der Waals surface area contributed by atoms with Gasteiger partial charge in [-0.2, -0.15) is 0 Å². The van der Waals surface area contributed by atoms with E-state index in [2.05, 4.69) is 27.2 Å². The zero-order chi connectivity index (χ0) is 5.49. The van der Waals surface area contributed by atoms with Crippen LogP contribution in [0.25, 0.3) is 0 Å². The summed E-state index contributed by atoms with van der Waals surface area (Å²) in [6.45, 7) is 6.79. The highest BCUT2D eigenvalue weighted by atomic mass is 14.5. The van der Waals surface area contributed by atoms with E-state index >= 15 is 0 Å². The van der Waals surface area contributed by atoms with Crippen LogP contribution in [0.15, 0.2) is 0 Å². The van der Waals surface area contributed by atoms with Crippen LogP contribution >= 0.6 is 0 Å². The molecule has 0 saturated heterocycles. The van der Waals surface area contributed by atoms with Crippen molar-refractivity contribution in [1.29, 1.82) is 0 Å². The van der Waals surface area contributed by atoms with Gasteiger partial charge in [0, 0.05) is 11.8 Å². The molecule has 0 heterocycles. The molecule has 0 aliphatic heterocycles. The van der Waals surface area contributed by atoms with Gasteiger partial charge in [-0.25, -0.2) is 0 Å². The molecule has 1 aliphatic carbocycles. The smallest absolute Gasteiger partial charge is 0.0554 e. The molecule has 0 radical (unpaired) electrons. The maximum absolute atomic E-state index is 2.32. The summed E-state index contributed by atoms with van der Waals surface area (Å²) in [7, 11) is 0. The van der Waals surface area contributed by atoms with Crippen molar-refractivity contribution in [2.45, 2.75) is 27.2 Å². The minimum atomic E-state index is 0.661. The third kappa shape index (κ3) is 0.744. The monoisotopic (exact) mass is 97.1 g/mol. The fourth-order valence-corrected chi connectivity index (χ4v) is 1.08. The second-order valence-electron chi connectivity index (χ2n) is 3.13. The van der Waals surface area contributed by atoms with E-state index in [0.29, 0.717) is 5.41 Å². The molecule has 7 heavy (non-hydrogen) atoms. The van der Waals surface area contributed by atoms with E-state index < -0.39 is 0 Å². The van der Waals surface area contributed by atoms with Crippen LogP contribution in [0, 0.1) is 17.8 Å². The average molecular weight is 97.2 g/mol. The zero-order valence-corrected chi connectivity index (χ0v) is 5.36. The van der Waals surface area contributed by atoms with Gasteiger partial charge in [-0.15, -0.1) is 0 Å². The summed E-state index contributed by atoms with van der Waals surface area (Å²) in [6.07, 6.45) is 3.71. The van der Waals surface area contributed by atoms with Gasteiger partial charge in [0.15, 0.2) is 0 Å². The van der Waals surface area contributed by atoms with Crippen LogP contribution in [0.2, 0.25) is 0 Å². The van der Waals surface area contributed by atoms with Crippen molar-refractivity contribution in [3.8, 4) is 0 Å². The van der Waals surface area contributed by atoms with Gasteiger partial charge in [0.1, 0.15) is 5.92 Å². The van der Waals surface area contributed by atoms with E-state index in [1.54, 1.807) is 0 Å². The summed E-state index contributed by atoms with van der Waals surface area (Å²) in [6, 6.07) is 0. The van der Waals surface area contributed by atoms with E-state index in [9.17, 15) is 0 Å². The van der Waals surface area contributed by atoms with Gasteiger partial charge >= 0.3 is 0 Å². The first-order chi connectivity index (χ1) is 3.17. The van der Waals surface area contributed by atoms with Crippen LogP contribution in [0.4, 0.5) is 0 Å². The molecule has 0 N–H and O–H groups in total. The van der Waals surface area contributed by atoms with Gasteiger partial charge in [0.25, 0.3) is 0 Å². The van der Waals surface area contributed by atoms with E-state index in [-0.39, 0.29) is 0 Å². The Labute approximate surface area is 45.9 Å². The Morgan fingerprint density at radius 3 is 2.00 bits per heavy atom. The van der Waals surface area contributed by atoms with Gasteiger partial charge in [-0.05, 0) is 0 Å². The molecular formula is C7H13+. The Hall–Kier alpha value is -0.130. The first-order valence-corrected chi connectivity index (χ1v) is 2.96. The Morgan fingerprint density at radius 1 is 1.57 bits per heavy atom. The molecule has 0 aromatic heterocycles. The van der Waals surface area contributed by atoms with Crippen LogP contribution < -0.4 is 0 Å². The van der Waals surface area contributed by atoms with Crippen molar-refractivity contribution in [3.63, 3.8) is 0 Å². The predicted octanol–water partition coefficient (Wildman–Crippen LogP) is 2.26. The molecular weight excluding hydrogens is 84.1 g/mol.